The van der Waals surface area contributed by atoms with Crippen molar-refractivity contribution in [2.45, 2.75) is 6.42 Å². The van der Waals surface area contributed by atoms with Crippen LogP contribution in [0, 0.1) is 41.4 Å². The summed E-state index contributed by atoms with van der Waals surface area (Å²) in [4.78, 5) is 58.9. The molecule has 6 aliphatic rings. The van der Waals surface area contributed by atoms with E-state index in [4.69, 9.17) is 23.2 Å². The Morgan fingerprint density at radius 2 is 1.12 bits per heavy atom. The number of carbonyl (C=O) groups excluding carboxylic acids is 4. The quantitative estimate of drug-likeness (QED) is 0.267. The number of carbonyl (C=O) groups is 4. The third kappa shape index (κ3) is 3.45. The molecule has 7 atom stereocenters. The highest BCUT2D eigenvalue weighted by Gasteiger charge is 2.67. The van der Waals surface area contributed by atoms with Crippen molar-refractivity contribution in [2.75, 3.05) is 9.80 Å². The van der Waals surface area contributed by atoms with Crippen molar-refractivity contribution in [2.24, 2.45) is 41.4 Å². The van der Waals surface area contributed by atoms with Crippen LogP contribution in [0.15, 0.2) is 96.6 Å². The number of halogens is 2. The topological polar surface area (TPSA) is 74.8 Å². The summed E-state index contributed by atoms with van der Waals surface area (Å²) in [6.45, 7) is 0. The number of benzene rings is 3. The van der Waals surface area contributed by atoms with Gasteiger partial charge in [-0.3, -0.25) is 29.0 Å². The molecule has 3 aromatic carbocycles. The van der Waals surface area contributed by atoms with Gasteiger partial charge in [-0.25, -0.2) is 0 Å². The molecular formula is C34H24Cl2N2O4. The first-order valence-electron chi connectivity index (χ1n) is 14.1. The maximum atomic E-state index is 14.2. The molecule has 6 nitrogen and oxygen atoms in total. The molecule has 208 valence electrons. The molecule has 42 heavy (non-hydrogen) atoms. The van der Waals surface area contributed by atoms with E-state index in [1.165, 1.54) is 9.80 Å². The molecular weight excluding hydrogens is 571 g/mol. The van der Waals surface area contributed by atoms with Gasteiger partial charge in [-0.1, -0.05) is 71.3 Å². The maximum Gasteiger partial charge on any atom is 0.238 e. The Kier molecular flexibility index (Phi) is 5.66. The van der Waals surface area contributed by atoms with Crippen molar-refractivity contribution >= 4 is 63.8 Å². The first-order valence-corrected chi connectivity index (χ1v) is 14.8. The highest BCUT2D eigenvalue weighted by molar-refractivity contribution is 6.31. The lowest BCUT2D eigenvalue weighted by Gasteiger charge is -2.51. The Bertz CT molecular complexity index is 1750. The molecule has 0 N–H and O–H groups in total. The third-order valence-electron chi connectivity index (χ3n) is 9.80. The van der Waals surface area contributed by atoms with E-state index in [2.05, 4.69) is 6.08 Å². The van der Waals surface area contributed by atoms with E-state index in [1.807, 2.05) is 36.4 Å². The molecule has 4 aliphatic carbocycles. The largest absolute Gasteiger partial charge is 0.274 e. The van der Waals surface area contributed by atoms with Crippen LogP contribution in [0.1, 0.15) is 12.0 Å². The molecule has 1 saturated carbocycles. The van der Waals surface area contributed by atoms with Crippen molar-refractivity contribution in [3.63, 3.8) is 0 Å². The van der Waals surface area contributed by atoms with Gasteiger partial charge in [0.2, 0.25) is 23.6 Å². The molecule has 2 saturated heterocycles. The predicted octanol–water partition coefficient (Wildman–Crippen LogP) is 6.19. The van der Waals surface area contributed by atoms with Gasteiger partial charge < -0.3 is 0 Å². The summed E-state index contributed by atoms with van der Waals surface area (Å²) in [6, 6.07) is 23.3. The van der Waals surface area contributed by atoms with Crippen LogP contribution >= 0.6 is 23.2 Å². The van der Waals surface area contributed by atoms with Gasteiger partial charge in [0.25, 0.3) is 0 Å². The minimum atomic E-state index is -0.624. The van der Waals surface area contributed by atoms with Crippen LogP contribution in [0.25, 0.3) is 5.57 Å². The van der Waals surface area contributed by atoms with Crippen LogP contribution < -0.4 is 9.80 Å². The lowest BCUT2D eigenvalue weighted by atomic mass is 9.49. The fraction of sp³-hybridized carbons (Fsp3) is 0.235. The summed E-state index contributed by atoms with van der Waals surface area (Å²) in [5, 5.41) is 1.03. The van der Waals surface area contributed by atoms with Crippen molar-refractivity contribution < 1.29 is 19.2 Å². The van der Waals surface area contributed by atoms with Crippen molar-refractivity contribution in [1.29, 1.82) is 0 Å². The normalized spacial score (nSPS) is 31.1. The van der Waals surface area contributed by atoms with Crippen LogP contribution in [-0.2, 0) is 19.2 Å². The summed E-state index contributed by atoms with van der Waals surface area (Å²) in [6.07, 6.45) is 4.46. The molecule has 8 heteroatoms. The van der Waals surface area contributed by atoms with Crippen LogP contribution in [0.3, 0.4) is 0 Å². The van der Waals surface area contributed by atoms with Crippen LogP contribution in [0.4, 0.5) is 11.4 Å². The van der Waals surface area contributed by atoms with Gasteiger partial charge in [0.1, 0.15) is 0 Å². The van der Waals surface area contributed by atoms with E-state index >= 15 is 0 Å². The fourth-order valence-corrected chi connectivity index (χ4v) is 8.46. The van der Waals surface area contributed by atoms with Gasteiger partial charge in [-0.05, 0) is 72.0 Å². The first-order chi connectivity index (χ1) is 20.3. The summed E-state index contributed by atoms with van der Waals surface area (Å²) in [5.41, 5.74) is 3.98. The zero-order valence-corrected chi connectivity index (χ0v) is 23.7. The van der Waals surface area contributed by atoms with E-state index in [0.29, 0.717) is 27.8 Å². The predicted molar refractivity (Wildman–Crippen MR) is 159 cm³/mol. The van der Waals surface area contributed by atoms with Gasteiger partial charge >= 0.3 is 0 Å². The number of rotatable bonds is 3. The lowest BCUT2D eigenvalue weighted by molar-refractivity contribution is -0.129. The number of amides is 4. The lowest BCUT2D eigenvalue weighted by Crippen LogP contribution is -2.51. The van der Waals surface area contributed by atoms with E-state index in [9.17, 15) is 19.2 Å². The smallest absolute Gasteiger partial charge is 0.238 e. The Balaban J connectivity index is 1.28. The summed E-state index contributed by atoms with van der Waals surface area (Å²) >= 11 is 12.2. The molecule has 0 radical (unpaired) electrons. The number of imide groups is 2. The average Bonchev–Trinajstić information content (AvgIpc) is 3.43. The molecule has 2 bridgehead atoms. The third-order valence-corrected chi connectivity index (χ3v) is 10.3. The molecule has 3 fully saturated rings. The van der Waals surface area contributed by atoms with Crippen molar-refractivity contribution in [3.8, 4) is 0 Å². The number of allylic oxidation sites excluding steroid dienone is 4. The zero-order chi connectivity index (χ0) is 28.9. The monoisotopic (exact) mass is 594 g/mol. The number of nitrogens with zero attached hydrogens (tertiary/aromatic N) is 2. The molecule has 0 aromatic heterocycles. The van der Waals surface area contributed by atoms with E-state index < -0.39 is 29.6 Å². The van der Waals surface area contributed by atoms with Crippen LogP contribution in [-0.4, -0.2) is 23.6 Å². The first kappa shape index (κ1) is 25.7. The van der Waals surface area contributed by atoms with Gasteiger partial charge in [-0.2, -0.15) is 0 Å². The van der Waals surface area contributed by atoms with Gasteiger partial charge in [0.15, 0.2) is 0 Å². The van der Waals surface area contributed by atoms with E-state index in [0.717, 1.165) is 16.7 Å². The highest BCUT2D eigenvalue weighted by atomic mass is 35.5. The second-order valence-corrected chi connectivity index (χ2v) is 12.6. The van der Waals surface area contributed by atoms with Crippen molar-refractivity contribution in [1.82, 2.24) is 0 Å². The Morgan fingerprint density at radius 3 is 1.74 bits per heavy atom. The number of fused-ring (bicyclic) bond motifs is 1. The highest BCUT2D eigenvalue weighted by Crippen LogP contribution is 2.63. The summed E-state index contributed by atoms with van der Waals surface area (Å²) in [7, 11) is 0. The van der Waals surface area contributed by atoms with E-state index in [1.54, 1.807) is 48.5 Å². The minimum absolute atomic E-state index is 0.233. The SMILES string of the molecule is O=C1[C@H]2[C@@H]3C=C[C@H](C4=C(c5ccccc5)C[C@H]5C(=O)N(c6ccc(Cl)cc6)C(=O)[C@H]5[C@@H]43)[C@H]2C(=O)N1c1ccc(Cl)cc1. The summed E-state index contributed by atoms with van der Waals surface area (Å²) in [5.74, 6) is -4.47. The van der Waals surface area contributed by atoms with Gasteiger partial charge in [0, 0.05) is 21.9 Å². The minimum Gasteiger partial charge on any atom is -0.274 e. The maximum absolute atomic E-state index is 14.2. The molecule has 0 unspecified atom stereocenters. The number of hydrogen-bond donors (Lipinski definition) is 0. The van der Waals surface area contributed by atoms with Crippen molar-refractivity contribution in [3.05, 3.63) is 112 Å². The average molecular weight is 595 g/mol. The fourth-order valence-electron chi connectivity index (χ4n) is 8.21. The molecule has 3 aromatic rings. The molecule has 2 heterocycles. The molecule has 9 rings (SSSR count). The zero-order valence-electron chi connectivity index (χ0n) is 22.2. The molecule has 2 aliphatic heterocycles. The number of hydrogen-bond acceptors (Lipinski definition) is 4. The Hall–Kier alpha value is -4.00. The standard InChI is InChI=1S/C34H24Cl2N2O4/c35-18-6-10-20(11-7-18)37-31(39)25-16-24(17-4-2-1-3-5-17)26-22-14-15-23(27(26)30(25)34(37)42)29-28(22)32(40)38(33(29)41)21-12-8-19(36)9-13-21/h1-15,22-23,25,27-30H,16H2/t22-,23-,25-,27-,28-,29+,30-/m1/s1. The summed E-state index contributed by atoms with van der Waals surface area (Å²) < 4.78 is 0. The second-order valence-electron chi connectivity index (χ2n) is 11.7. The second kappa shape index (κ2) is 9.25. The molecule has 0 spiro atoms. The Labute approximate surface area is 252 Å². The van der Waals surface area contributed by atoms with E-state index in [-0.39, 0.29) is 35.5 Å². The number of anilines is 2. The van der Waals surface area contributed by atoms with Crippen LogP contribution in [0.5, 0.6) is 0 Å². The van der Waals surface area contributed by atoms with Crippen LogP contribution in [0.2, 0.25) is 10.0 Å². The van der Waals surface area contributed by atoms with Gasteiger partial charge in [0.05, 0.1) is 35.0 Å². The molecule has 4 amide bonds. The van der Waals surface area contributed by atoms with Gasteiger partial charge in [-0.15, -0.1) is 0 Å². The Morgan fingerprint density at radius 1 is 0.571 bits per heavy atom.